The van der Waals surface area contributed by atoms with Gasteiger partial charge in [0.1, 0.15) is 6.04 Å². The van der Waals surface area contributed by atoms with Gasteiger partial charge in [-0.15, -0.1) is 11.3 Å². The molecule has 1 aliphatic rings. The third-order valence-electron chi connectivity index (χ3n) is 4.65. The number of carbonyl (C=O) groups excluding carboxylic acids is 1. The van der Waals surface area contributed by atoms with Gasteiger partial charge in [-0.2, -0.15) is 0 Å². The highest BCUT2D eigenvalue weighted by molar-refractivity contribution is 7.09. The van der Waals surface area contributed by atoms with Gasteiger partial charge in [-0.25, -0.2) is 4.98 Å². The Kier molecular flexibility index (Phi) is 5.19. The van der Waals surface area contributed by atoms with Crippen molar-refractivity contribution in [2.45, 2.75) is 39.7 Å². The van der Waals surface area contributed by atoms with Gasteiger partial charge in [0, 0.05) is 29.7 Å². The predicted molar refractivity (Wildman–Crippen MR) is 100 cm³/mol. The number of carbonyl (C=O) groups is 1. The summed E-state index contributed by atoms with van der Waals surface area (Å²) in [5.74, 6) is 0.931. The van der Waals surface area contributed by atoms with E-state index in [9.17, 15) is 4.79 Å². The molecule has 1 aromatic heterocycles. The van der Waals surface area contributed by atoms with E-state index in [1.165, 1.54) is 0 Å². The normalized spacial score (nSPS) is 16.9. The number of amides is 1. The molecule has 1 amide bonds. The number of hydrogen-bond acceptors (Lipinski definition) is 4. The number of likely N-dealkylation sites (tertiary alicyclic amines) is 1. The summed E-state index contributed by atoms with van der Waals surface area (Å²) in [6.07, 6.45) is 2.22. The molecule has 0 aliphatic carbocycles. The van der Waals surface area contributed by atoms with Crippen LogP contribution in [0.3, 0.4) is 0 Å². The number of nitrogens with one attached hydrogen (secondary N) is 1. The molecular formula is C19H25N3OS. The average molecular weight is 343 g/mol. The minimum Gasteiger partial charge on any atom is -0.374 e. The highest BCUT2D eigenvalue weighted by Gasteiger charge is 2.24. The monoisotopic (exact) mass is 343 g/mol. The Hall–Kier alpha value is -1.88. The van der Waals surface area contributed by atoms with Crippen molar-refractivity contribution < 1.29 is 4.79 Å². The van der Waals surface area contributed by atoms with Gasteiger partial charge in [0.25, 0.3) is 0 Å². The molecule has 1 unspecified atom stereocenters. The molecule has 1 N–H and O–H groups in total. The molecule has 2 aromatic rings. The molecule has 1 fully saturated rings. The zero-order valence-electron chi connectivity index (χ0n) is 14.6. The Morgan fingerprint density at radius 3 is 2.54 bits per heavy atom. The fourth-order valence-electron chi connectivity index (χ4n) is 3.05. The molecule has 3 rings (SSSR count). The summed E-state index contributed by atoms with van der Waals surface area (Å²) >= 11 is 1.66. The Bertz CT molecular complexity index is 687. The summed E-state index contributed by atoms with van der Waals surface area (Å²) < 4.78 is 0. The minimum absolute atomic E-state index is 0.195. The fraction of sp³-hybridized carbons (Fsp3) is 0.474. The van der Waals surface area contributed by atoms with Crippen molar-refractivity contribution in [2.24, 2.45) is 5.92 Å². The lowest BCUT2D eigenvalue weighted by Gasteiger charge is -2.32. The van der Waals surface area contributed by atoms with Crippen LogP contribution in [0.1, 0.15) is 31.7 Å². The molecule has 4 nitrogen and oxygen atoms in total. The largest absolute Gasteiger partial charge is 0.374 e. The van der Waals surface area contributed by atoms with Crippen molar-refractivity contribution in [1.82, 2.24) is 9.88 Å². The lowest BCUT2D eigenvalue weighted by molar-refractivity contribution is -0.132. The number of hydrogen-bond donors (Lipinski definition) is 1. The molecule has 1 atom stereocenters. The average Bonchev–Trinajstić information content (AvgIpc) is 3.02. The second kappa shape index (κ2) is 7.34. The fourth-order valence-corrected chi connectivity index (χ4v) is 3.67. The molecule has 1 aliphatic heterocycles. The molecule has 1 saturated heterocycles. The van der Waals surface area contributed by atoms with Gasteiger partial charge in [-0.05, 0) is 44.7 Å². The summed E-state index contributed by atoms with van der Waals surface area (Å²) in [7, 11) is 0. The van der Waals surface area contributed by atoms with Crippen LogP contribution in [0.15, 0.2) is 29.6 Å². The Morgan fingerprint density at radius 2 is 1.96 bits per heavy atom. The Labute approximate surface area is 147 Å². The zero-order valence-corrected chi connectivity index (χ0v) is 15.4. The Morgan fingerprint density at radius 1 is 1.29 bits per heavy atom. The lowest BCUT2D eigenvalue weighted by Crippen LogP contribution is -2.45. The van der Waals surface area contributed by atoms with Crippen LogP contribution in [-0.2, 0) is 4.79 Å². The number of piperidine rings is 1. The third kappa shape index (κ3) is 3.96. The van der Waals surface area contributed by atoms with E-state index in [2.05, 4.69) is 34.7 Å². The first-order chi connectivity index (χ1) is 11.5. The van der Waals surface area contributed by atoms with E-state index in [1.54, 1.807) is 11.3 Å². The van der Waals surface area contributed by atoms with Gasteiger partial charge in [0.15, 0.2) is 0 Å². The minimum atomic E-state index is -0.203. The summed E-state index contributed by atoms with van der Waals surface area (Å²) in [4.78, 5) is 19.0. The van der Waals surface area contributed by atoms with E-state index in [4.69, 9.17) is 0 Å². The van der Waals surface area contributed by atoms with Crippen molar-refractivity contribution in [3.63, 3.8) is 0 Å². The summed E-state index contributed by atoms with van der Waals surface area (Å²) in [5, 5.41) is 6.47. The molecule has 24 heavy (non-hydrogen) atoms. The second-order valence-corrected chi connectivity index (χ2v) is 7.77. The number of thiazole rings is 1. The number of rotatable bonds is 4. The maximum Gasteiger partial charge on any atom is 0.244 e. The summed E-state index contributed by atoms with van der Waals surface area (Å²) in [5.41, 5.74) is 3.08. The molecule has 128 valence electrons. The van der Waals surface area contributed by atoms with E-state index >= 15 is 0 Å². The maximum absolute atomic E-state index is 12.6. The smallest absolute Gasteiger partial charge is 0.244 e. The van der Waals surface area contributed by atoms with Crippen LogP contribution in [-0.4, -0.2) is 34.9 Å². The zero-order chi connectivity index (χ0) is 17.1. The van der Waals surface area contributed by atoms with Crippen LogP contribution in [0.4, 0.5) is 5.69 Å². The Balaban J connectivity index is 1.60. The van der Waals surface area contributed by atoms with Crippen molar-refractivity contribution >= 4 is 22.9 Å². The standard InChI is InChI=1S/C19H25N3OS/c1-13-8-10-22(11-9-13)19(23)14(2)20-17-6-4-16(5-7-17)18-12-24-15(3)21-18/h4-7,12-14,20H,8-11H2,1-3H3. The maximum atomic E-state index is 12.6. The third-order valence-corrected chi connectivity index (χ3v) is 5.42. The highest BCUT2D eigenvalue weighted by atomic mass is 32.1. The van der Waals surface area contributed by atoms with Crippen molar-refractivity contribution in [2.75, 3.05) is 18.4 Å². The molecular weight excluding hydrogens is 318 g/mol. The number of nitrogens with zero attached hydrogens (tertiary/aromatic N) is 2. The molecule has 5 heteroatoms. The van der Waals surface area contributed by atoms with Crippen molar-refractivity contribution in [1.29, 1.82) is 0 Å². The van der Waals surface area contributed by atoms with Crippen LogP contribution < -0.4 is 5.32 Å². The first kappa shape index (κ1) is 17.0. The van der Waals surface area contributed by atoms with E-state index < -0.39 is 0 Å². The van der Waals surface area contributed by atoms with Crippen LogP contribution in [0.5, 0.6) is 0 Å². The molecule has 0 spiro atoms. The van der Waals surface area contributed by atoms with Gasteiger partial charge >= 0.3 is 0 Å². The van der Waals surface area contributed by atoms with Gasteiger partial charge in [-0.1, -0.05) is 19.1 Å². The van der Waals surface area contributed by atoms with Gasteiger partial charge in [0.05, 0.1) is 10.7 Å². The van der Waals surface area contributed by atoms with Gasteiger partial charge < -0.3 is 10.2 Å². The predicted octanol–water partition coefficient (Wildman–Crippen LogP) is 4.18. The SMILES string of the molecule is Cc1nc(-c2ccc(NC(C)C(=O)N3CCC(C)CC3)cc2)cs1. The van der Waals surface area contributed by atoms with Crippen LogP contribution >= 0.6 is 11.3 Å². The van der Waals surface area contributed by atoms with Crippen molar-refractivity contribution in [3.05, 3.63) is 34.7 Å². The lowest BCUT2D eigenvalue weighted by atomic mass is 9.99. The molecule has 0 bridgehead atoms. The first-order valence-corrected chi connectivity index (χ1v) is 9.49. The molecule has 0 saturated carbocycles. The molecule has 0 radical (unpaired) electrons. The van der Waals surface area contributed by atoms with Gasteiger partial charge in [0.2, 0.25) is 5.91 Å². The van der Waals surface area contributed by atoms with E-state index in [-0.39, 0.29) is 11.9 Å². The number of anilines is 1. The van der Waals surface area contributed by atoms with Crippen LogP contribution in [0.2, 0.25) is 0 Å². The summed E-state index contributed by atoms with van der Waals surface area (Å²) in [6.45, 7) is 7.98. The quantitative estimate of drug-likeness (QED) is 0.906. The van der Waals surface area contributed by atoms with E-state index in [0.29, 0.717) is 0 Å². The number of aromatic nitrogens is 1. The van der Waals surface area contributed by atoms with Crippen molar-refractivity contribution in [3.8, 4) is 11.3 Å². The van der Waals surface area contributed by atoms with Crippen LogP contribution in [0.25, 0.3) is 11.3 Å². The summed E-state index contributed by atoms with van der Waals surface area (Å²) in [6, 6.07) is 7.94. The van der Waals surface area contributed by atoms with Crippen LogP contribution in [0, 0.1) is 12.8 Å². The first-order valence-electron chi connectivity index (χ1n) is 8.61. The highest BCUT2D eigenvalue weighted by Crippen LogP contribution is 2.23. The van der Waals surface area contributed by atoms with Gasteiger partial charge in [-0.3, -0.25) is 4.79 Å². The molecule has 1 aromatic carbocycles. The topological polar surface area (TPSA) is 45.2 Å². The number of aryl methyl sites for hydroxylation is 1. The van der Waals surface area contributed by atoms with E-state index in [1.807, 2.05) is 30.9 Å². The molecule has 2 heterocycles. The second-order valence-electron chi connectivity index (χ2n) is 6.70. The number of benzene rings is 1. The van der Waals surface area contributed by atoms with E-state index in [0.717, 1.165) is 53.8 Å².